The molecule has 12 heavy (non-hydrogen) atoms. The third kappa shape index (κ3) is 2.48. The van der Waals surface area contributed by atoms with Crippen LogP contribution in [0.3, 0.4) is 0 Å². The molecule has 1 heterocycles. The predicted octanol–water partition coefficient (Wildman–Crippen LogP) is -0.270. The maximum absolute atomic E-state index is 5.32. The topological polar surface area (TPSA) is 89.3 Å². The summed E-state index contributed by atoms with van der Waals surface area (Å²) in [5.74, 6) is 5.24. The van der Waals surface area contributed by atoms with E-state index in [1.165, 1.54) is 4.88 Å². The lowest BCUT2D eigenvalue weighted by Gasteiger charge is -1.95. The lowest BCUT2D eigenvalue weighted by atomic mass is 10.6. The Morgan fingerprint density at radius 3 is 3.08 bits per heavy atom. The number of hydrogen-bond acceptors (Lipinski definition) is 4. The van der Waals surface area contributed by atoms with Crippen LogP contribution in [0.1, 0.15) is 9.88 Å². The smallest absolute Gasteiger partial charge is 0.203 e. The second-order valence-corrected chi connectivity index (χ2v) is 3.53. The Hall–Kier alpha value is -1.14. The molecule has 66 valence electrons. The van der Waals surface area contributed by atoms with Crippen molar-refractivity contribution in [3.63, 3.8) is 0 Å². The van der Waals surface area contributed by atoms with Gasteiger partial charge in [0, 0.05) is 11.1 Å². The molecule has 6 heteroatoms. The normalized spacial score (nSPS) is 11.7. The van der Waals surface area contributed by atoms with Crippen molar-refractivity contribution in [3.05, 3.63) is 16.1 Å². The van der Waals surface area contributed by atoms with Crippen molar-refractivity contribution in [2.75, 3.05) is 0 Å². The molecule has 0 spiro atoms. The van der Waals surface area contributed by atoms with Crippen LogP contribution in [0.4, 0.5) is 0 Å². The van der Waals surface area contributed by atoms with E-state index in [9.17, 15) is 0 Å². The molecule has 1 aromatic rings. The van der Waals surface area contributed by atoms with E-state index in [-0.39, 0.29) is 5.96 Å². The van der Waals surface area contributed by atoms with Gasteiger partial charge >= 0.3 is 0 Å². The van der Waals surface area contributed by atoms with E-state index in [4.69, 9.17) is 11.6 Å². The molecule has 5 nitrogen and oxygen atoms in total. The Morgan fingerprint density at radius 1 is 1.83 bits per heavy atom. The standard InChI is InChI=1S/C6H11N5S/c1-4-2-9-5(12-4)3-10-6(7)11-8/h2H,3,8H2,1H3,(H3,7,10,11). The number of guanidine groups is 1. The Kier molecular flexibility index (Phi) is 3.01. The average molecular weight is 185 g/mol. The molecular weight excluding hydrogens is 174 g/mol. The van der Waals surface area contributed by atoms with Gasteiger partial charge in [0.15, 0.2) is 0 Å². The molecule has 0 saturated carbocycles. The van der Waals surface area contributed by atoms with E-state index in [0.29, 0.717) is 6.54 Å². The first-order valence-electron chi connectivity index (χ1n) is 3.40. The van der Waals surface area contributed by atoms with Crippen LogP contribution < -0.4 is 17.0 Å². The van der Waals surface area contributed by atoms with E-state index in [2.05, 4.69) is 15.4 Å². The summed E-state index contributed by atoms with van der Waals surface area (Å²) in [5, 5.41) is 0.936. The van der Waals surface area contributed by atoms with Gasteiger partial charge in [-0.25, -0.2) is 15.8 Å². The SMILES string of the molecule is Cc1cnc(CN=C(N)NN)s1. The van der Waals surface area contributed by atoms with E-state index in [1.807, 2.05) is 13.1 Å². The summed E-state index contributed by atoms with van der Waals surface area (Å²) in [5.41, 5.74) is 7.56. The zero-order chi connectivity index (χ0) is 8.97. The molecular formula is C6H11N5S. The molecule has 1 aromatic heterocycles. The van der Waals surface area contributed by atoms with E-state index >= 15 is 0 Å². The first-order chi connectivity index (χ1) is 5.72. The van der Waals surface area contributed by atoms with Gasteiger partial charge in [-0.1, -0.05) is 0 Å². The Balaban J connectivity index is 2.53. The third-order valence-electron chi connectivity index (χ3n) is 1.20. The Labute approximate surface area is 74.5 Å². The molecule has 1 rings (SSSR count). The van der Waals surface area contributed by atoms with E-state index < -0.39 is 0 Å². The van der Waals surface area contributed by atoms with Gasteiger partial charge in [0.2, 0.25) is 5.96 Å². The number of aromatic nitrogens is 1. The highest BCUT2D eigenvalue weighted by atomic mass is 32.1. The largest absolute Gasteiger partial charge is 0.369 e. The molecule has 0 saturated heterocycles. The minimum atomic E-state index is 0.225. The number of hydrazine groups is 1. The first-order valence-corrected chi connectivity index (χ1v) is 4.22. The quantitative estimate of drug-likeness (QED) is 0.256. The van der Waals surface area contributed by atoms with Gasteiger partial charge in [0.25, 0.3) is 0 Å². The van der Waals surface area contributed by atoms with Crippen molar-refractivity contribution in [1.82, 2.24) is 10.4 Å². The fourth-order valence-electron chi connectivity index (χ4n) is 0.673. The number of thiazole rings is 1. The number of aryl methyl sites for hydroxylation is 1. The predicted molar refractivity (Wildman–Crippen MR) is 49.5 cm³/mol. The van der Waals surface area contributed by atoms with Gasteiger partial charge in [-0.2, -0.15) is 0 Å². The van der Waals surface area contributed by atoms with Crippen LogP contribution >= 0.6 is 11.3 Å². The van der Waals surface area contributed by atoms with Crippen LogP contribution in [0.25, 0.3) is 0 Å². The summed E-state index contributed by atoms with van der Waals surface area (Å²) in [6, 6.07) is 0. The van der Waals surface area contributed by atoms with Crippen LogP contribution in [0, 0.1) is 6.92 Å². The number of nitrogens with two attached hydrogens (primary N) is 2. The van der Waals surface area contributed by atoms with Gasteiger partial charge in [0.05, 0.1) is 6.54 Å². The molecule has 0 aliphatic carbocycles. The summed E-state index contributed by atoms with van der Waals surface area (Å²) in [6.45, 7) is 2.48. The second kappa shape index (κ2) is 4.03. The van der Waals surface area contributed by atoms with E-state index in [0.717, 1.165) is 5.01 Å². The zero-order valence-corrected chi connectivity index (χ0v) is 7.56. The minimum Gasteiger partial charge on any atom is -0.369 e. The highest BCUT2D eigenvalue weighted by molar-refractivity contribution is 7.11. The second-order valence-electron chi connectivity index (χ2n) is 2.21. The van der Waals surface area contributed by atoms with Crippen LogP contribution in [-0.4, -0.2) is 10.9 Å². The number of hydrogen-bond donors (Lipinski definition) is 3. The molecule has 5 N–H and O–H groups in total. The van der Waals surface area contributed by atoms with Crippen molar-refractivity contribution in [2.45, 2.75) is 13.5 Å². The minimum absolute atomic E-state index is 0.225. The van der Waals surface area contributed by atoms with E-state index in [1.54, 1.807) is 11.3 Å². The molecule has 0 unspecified atom stereocenters. The lowest BCUT2D eigenvalue weighted by molar-refractivity contribution is 0.950. The summed E-state index contributed by atoms with van der Waals surface area (Å²) in [6.07, 6.45) is 1.81. The summed E-state index contributed by atoms with van der Waals surface area (Å²) in [7, 11) is 0. The van der Waals surface area contributed by atoms with Crippen LogP contribution in [-0.2, 0) is 6.54 Å². The molecule has 0 bridgehead atoms. The van der Waals surface area contributed by atoms with Gasteiger partial charge in [-0.05, 0) is 6.92 Å². The van der Waals surface area contributed by atoms with Crippen molar-refractivity contribution >= 4 is 17.3 Å². The third-order valence-corrected chi connectivity index (χ3v) is 2.10. The summed E-state index contributed by atoms with van der Waals surface area (Å²) >= 11 is 1.60. The number of rotatable bonds is 2. The van der Waals surface area contributed by atoms with Crippen LogP contribution in [0.15, 0.2) is 11.2 Å². The van der Waals surface area contributed by atoms with Crippen molar-refractivity contribution < 1.29 is 0 Å². The lowest BCUT2D eigenvalue weighted by Crippen LogP contribution is -2.37. The zero-order valence-electron chi connectivity index (χ0n) is 6.74. The molecule has 0 aliphatic heterocycles. The molecule has 0 radical (unpaired) electrons. The maximum Gasteiger partial charge on any atom is 0.203 e. The number of aliphatic imine (C=N–C) groups is 1. The fraction of sp³-hybridized carbons (Fsp3) is 0.333. The molecule has 0 amide bonds. The van der Waals surface area contributed by atoms with Gasteiger partial charge < -0.3 is 5.73 Å². The Bertz CT molecular complexity index is 279. The fourth-order valence-corrected chi connectivity index (χ4v) is 1.38. The summed E-state index contributed by atoms with van der Waals surface area (Å²) in [4.78, 5) is 9.21. The highest BCUT2D eigenvalue weighted by Gasteiger charge is 1.96. The molecule has 0 fully saturated rings. The molecule has 0 aromatic carbocycles. The number of nitrogens with one attached hydrogen (secondary N) is 1. The van der Waals surface area contributed by atoms with Crippen LogP contribution in [0.2, 0.25) is 0 Å². The van der Waals surface area contributed by atoms with Gasteiger partial charge in [0.1, 0.15) is 5.01 Å². The van der Waals surface area contributed by atoms with Crippen molar-refractivity contribution in [1.29, 1.82) is 0 Å². The average Bonchev–Trinajstić information content (AvgIpc) is 2.47. The van der Waals surface area contributed by atoms with Gasteiger partial charge in [-0.3, -0.25) is 5.43 Å². The number of nitrogens with zero attached hydrogens (tertiary/aromatic N) is 2. The van der Waals surface area contributed by atoms with Gasteiger partial charge in [-0.15, -0.1) is 11.3 Å². The maximum atomic E-state index is 5.32. The first kappa shape index (κ1) is 8.95. The Morgan fingerprint density at radius 2 is 2.58 bits per heavy atom. The monoisotopic (exact) mass is 185 g/mol. The van der Waals surface area contributed by atoms with Crippen molar-refractivity contribution in [2.24, 2.45) is 16.6 Å². The molecule has 0 aliphatic rings. The summed E-state index contributed by atoms with van der Waals surface area (Å²) < 4.78 is 0. The highest BCUT2D eigenvalue weighted by Crippen LogP contribution is 2.11. The van der Waals surface area contributed by atoms with Crippen LogP contribution in [0.5, 0.6) is 0 Å². The van der Waals surface area contributed by atoms with Crippen molar-refractivity contribution in [3.8, 4) is 0 Å². The molecule has 0 atom stereocenters.